The second-order valence-corrected chi connectivity index (χ2v) is 9.91. The van der Waals surface area contributed by atoms with Crippen molar-refractivity contribution in [1.29, 1.82) is 0 Å². The van der Waals surface area contributed by atoms with E-state index in [4.69, 9.17) is 0 Å². The van der Waals surface area contributed by atoms with E-state index in [-0.39, 0.29) is 30.6 Å². The summed E-state index contributed by atoms with van der Waals surface area (Å²) in [5, 5.41) is 5.73. The molecule has 0 bridgehead atoms. The number of pyridine rings is 1. The molecule has 0 saturated carbocycles. The summed E-state index contributed by atoms with van der Waals surface area (Å²) in [6, 6.07) is 19.3. The number of hydrogen-bond donors (Lipinski definition) is 2. The van der Waals surface area contributed by atoms with Crippen LogP contribution in [0.25, 0.3) is 0 Å². The molecule has 0 fully saturated rings. The molecular formula is C29H34N4O3. The molecular weight excluding hydrogens is 452 g/mol. The molecule has 1 aromatic heterocycles. The Morgan fingerprint density at radius 3 is 2.03 bits per heavy atom. The van der Waals surface area contributed by atoms with E-state index >= 15 is 0 Å². The summed E-state index contributed by atoms with van der Waals surface area (Å²) < 4.78 is 0. The zero-order valence-electron chi connectivity index (χ0n) is 21.5. The largest absolute Gasteiger partial charge is 0.349 e. The van der Waals surface area contributed by atoms with Crippen LogP contribution >= 0.6 is 0 Å². The molecule has 3 rings (SSSR count). The number of carbonyl (C=O) groups excluding carboxylic acids is 3. The number of amides is 3. The minimum Gasteiger partial charge on any atom is -0.349 e. The van der Waals surface area contributed by atoms with Crippen LogP contribution in [0, 0.1) is 13.8 Å². The van der Waals surface area contributed by atoms with Gasteiger partial charge >= 0.3 is 0 Å². The van der Waals surface area contributed by atoms with Crippen LogP contribution in [-0.2, 0) is 14.4 Å². The summed E-state index contributed by atoms with van der Waals surface area (Å²) in [5.74, 6) is -0.521. The van der Waals surface area contributed by atoms with Crippen LogP contribution in [-0.4, -0.2) is 28.2 Å². The van der Waals surface area contributed by atoms with Gasteiger partial charge in [0.25, 0.3) is 0 Å². The smallest absolute Gasteiger partial charge is 0.248 e. The van der Waals surface area contributed by atoms with Crippen molar-refractivity contribution in [1.82, 2.24) is 10.3 Å². The molecule has 36 heavy (non-hydrogen) atoms. The van der Waals surface area contributed by atoms with Crippen molar-refractivity contribution in [3.63, 3.8) is 0 Å². The summed E-state index contributed by atoms with van der Waals surface area (Å²) >= 11 is 0. The Hall–Kier alpha value is -4.00. The minimum absolute atomic E-state index is 0.0424. The quantitative estimate of drug-likeness (QED) is 0.463. The first-order valence-corrected chi connectivity index (χ1v) is 12.0. The third kappa shape index (κ3) is 7.50. The van der Waals surface area contributed by atoms with Crippen LogP contribution in [0.15, 0.2) is 72.9 Å². The number of aryl methyl sites for hydroxylation is 2. The van der Waals surface area contributed by atoms with Gasteiger partial charge in [-0.2, -0.15) is 0 Å². The van der Waals surface area contributed by atoms with E-state index in [9.17, 15) is 14.4 Å². The van der Waals surface area contributed by atoms with Crippen LogP contribution in [0.1, 0.15) is 56.3 Å². The van der Waals surface area contributed by atoms with E-state index in [1.807, 2.05) is 83.1 Å². The number of aromatic nitrogens is 1. The first-order chi connectivity index (χ1) is 17.0. The van der Waals surface area contributed by atoms with Gasteiger partial charge in [0.05, 0.1) is 0 Å². The van der Waals surface area contributed by atoms with Crippen molar-refractivity contribution >= 4 is 29.2 Å². The number of hydrogen-bond acceptors (Lipinski definition) is 4. The lowest BCUT2D eigenvalue weighted by Gasteiger charge is -2.34. The normalized spacial score (nSPS) is 11.9. The van der Waals surface area contributed by atoms with Crippen LogP contribution in [0.4, 0.5) is 11.5 Å². The number of nitrogens with zero attached hydrogens (tertiary/aromatic N) is 2. The maximum Gasteiger partial charge on any atom is 0.248 e. The summed E-state index contributed by atoms with van der Waals surface area (Å²) in [6.45, 7) is 9.63. The molecule has 0 aliphatic heterocycles. The van der Waals surface area contributed by atoms with Gasteiger partial charge in [-0.1, -0.05) is 53.6 Å². The molecule has 3 amide bonds. The molecule has 1 atom stereocenters. The average Bonchev–Trinajstić information content (AvgIpc) is 2.82. The summed E-state index contributed by atoms with van der Waals surface area (Å²) in [4.78, 5) is 45.4. The fourth-order valence-corrected chi connectivity index (χ4v) is 3.73. The van der Waals surface area contributed by atoms with Crippen molar-refractivity contribution < 1.29 is 14.4 Å². The molecule has 7 nitrogen and oxygen atoms in total. The molecule has 2 N–H and O–H groups in total. The third-order valence-electron chi connectivity index (χ3n) is 5.48. The van der Waals surface area contributed by atoms with Gasteiger partial charge in [0, 0.05) is 30.3 Å². The highest BCUT2D eigenvalue weighted by atomic mass is 16.2. The maximum atomic E-state index is 13.7. The Morgan fingerprint density at radius 1 is 0.861 bits per heavy atom. The number of rotatable bonds is 8. The van der Waals surface area contributed by atoms with Gasteiger partial charge in [-0.05, 0) is 64.4 Å². The van der Waals surface area contributed by atoms with Gasteiger partial charge in [-0.25, -0.2) is 4.98 Å². The number of nitrogens with one attached hydrogen (secondary N) is 2. The van der Waals surface area contributed by atoms with E-state index in [0.29, 0.717) is 17.1 Å². The molecule has 2 aromatic carbocycles. The molecule has 1 heterocycles. The second-order valence-electron chi connectivity index (χ2n) is 9.91. The molecule has 7 heteroatoms. The second kappa shape index (κ2) is 11.6. The van der Waals surface area contributed by atoms with Gasteiger partial charge in [0.15, 0.2) is 0 Å². The lowest BCUT2D eigenvalue weighted by atomic mass is 9.99. The van der Waals surface area contributed by atoms with E-state index in [1.54, 1.807) is 24.4 Å². The monoisotopic (exact) mass is 486 g/mol. The molecule has 0 unspecified atom stereocenters. The Bertz CT molecular complexity index is 1180. The molecule has 0 aliphatic carbocycles. The lowest BCUT2D eigenvalue weighted by molar-refractivity contribution is -0.128. The Labute approximate surface area is 212 Å². The first-order valence-electron chi connectivity index (χ1n) is 12.0. The fraction of sp³-hybridized carbons (Fsp3) is 0.310. The highest BCUT2D eigenvalue weighted by Crippen LogP contribution is 2.30. The van der Waals surface area contributed by atoms with Crippen molar-refractivity contribution in [2.24, 2.45) is 0 Å². The zero-order chi connectivity index (χ0) is 26.3. The summed E-state index contributed by atoms with van der Waals surface area (Å²) in [6.07, 6.45) is 1.47. The topological polar surface area (TPSA) is 91.4 Å². The van der Waals surface area contributed by atoms with E-state index in [2.05, 4.69) is 15.6 Å². The van der Waals surface area contributed by atoms with Crippen molar-refractivity contribution in [2.75, 3.05) is 10.2 Å². The Morgan fingerprint density at radius 2 is 1.47 bits per heavy atom. The molecule has 0 spiro atoms. The van der Waals surface area contributed by atoms with Crippen LogP contribution in [0.2, 0.25) is 0 Å². The third-order valence-corrected chi connectivity index (χ3v) is 5.48. The average molecular weight is 487 g/mol. The van der Waals surface area contributed by atoms with Crippen LogP contribution in [0.5, 0.6) is 0 Å². The van der Waals surface area contributed by atoms with Crippen molar-refractivity contribution in [2.45, 2.75) is 59.0 Å². The van der Waals surface area contributed by atoms with Gasteiger partial charge in [0.1, 0.15) is 11.9 Å². The van der Waals surface area contributed by atoms with Gasteiger partial charge in [0.2, 0.25) is 17.7 Å². The van der Waals surface area contributed by atoms with Crippen LogP contribution < -0.4 is 15.5 Å². The molecule has 0 radical (unpaired) electrons. The molecule has 3 aromatic rings. The summed E-state index contributed by atoms with van der Waals surface area (Å²) in [5.41, 5.74) is 2.87. The highest BCUT2D eigenvalue weighted by Gasteiger charge is 2.34. The van der Waals surface area contributed by atoms with Gasteiger partial charge in [-0.15, -0.1) is 0 Å². The Kier molecular flexibility index (Phi) is 8.59. The maximum absolute atomic E-state index is 13.7. The van der Waals surface area contributed by atoms with Gasteiger partial charge in [-0.3, -0.25) is 19.3 Å². The first kappa shape index (κ1) is 26.6. The predicted octanol–water partition coefficient (Wildman–Crippen LogP) is 5.11. The summed E-state index contributed by atoms with van der Waals surface area (Å²) in [7, 11) is 0. The minimum atomic E-state index is -0.904. The van der Waals surface area contributed by atoms with E-state index < -0.39 is 11.6 Å². The zero-order valence-corrected chi connectivity index (χ0v) is 21.5. The number of benzene rings is 2. The predicted molar refractivity (Wildman–Crippen MR) is 143 cm³/mol. The highest BCUT2D eigenvalue weighted by molar-refractivity contribution is 6.03. The lowest BCUT2D eigenvalue weighted by Crippen LogP contribution is -2.49. The standard InChI is InChI=1S/C29H34N4O3/c1-20-9-13-22(14-10-20)27(28(36)32-29(3,4)5)33(23-15-11-21(2)12-16-23)26(35)18-17-25(34)31-24-8-6-7-19-30-24/h6-16,19,27H,17-18H2,1-5H3,(H,32,36)(H,30,31,34)/t27-/m1/s1. The van der Waals surface area contributed by atoms with E-state index in [0.717, 1.165) is 11.1 Å². The molecule has 0 aliphatic rings. The van der Waals surface area contributed by atoms with Crippen molar-refractivity contribution in [3.8, 4) is 0 Å². The van der Waals surface area contributed by atoms with Crippen molar-refractivity contribution in [3.05, 3.63) is 89.6 Å². The van der Waals surface area contributed by atoms with Gasteiger partial charge < -0.3 is 10.6 Å². The fourth-order valence-electron chi connectivity index (χ4n) is 3.73. The SMILES string of the molecule is Cc1ccc([C@H](C(=O)NC(C)(C)C)N(C(=O)CCC(=O)Nc2ccccn2)c2ccc(C)cc2)cc1. The number of carbonyl (C=O) groups is 3. The Balaban J connectivity index is 1.94. The van der Waals surface area contributed by atoms with E-state index in [1.165, 1.54) is 4.90 Å². The number of anilines is 2. The van der Waals surface area contributed by atoms with Crippen LogP contribution in [0.3, 0.4) is 0 Å². The molecule has 0 saturated heterocycles. The molecule has 188 valence electrons.